The van der Waals surface area contributed by atoms with Crippen LogP contribution in [0, 0.1) is 0 Å². The Morgan fingerprint density at radius 3 is 2.90 bits per heavy atom. The van der Waals surface area contributed by atoms with Crippen molar-refractivity contribution in [1.29, 1.82) is 0 Å². The number of carbonyl (C=O) groups excluding carboxylic acids is 1. The van der Waals surface area contributed by atoms with Gasteiger partial charge in [0.1, 0.15) is 0 Å². The number of anilines is 1. The first-order valence-electron chi connectivity index (χ1n) is 7.35. The van der Waals surface area contributed by atoms with Crippen molar-refractivity contribution in [1.82, 2.24) is 10.2 Å². The molecule has 2 rings (SSSR count). The molecule has 4 heteroatoms. The number of nitrogens with one attached hydrogen (secondary N) is 1. The SMILES string of the molecule is C[C@H]1Cc2ccccc2N1C(=O)CNCCCN(C)C. The molecule has 0 bridgehead atoms. The molecule has 1 aliphatic heterocycles. The molecule has 1 aromatic carbocycles. The fraction of sp³-hybridized carbons (Fsp3) is 0.562. The predicted octanol–water partition coefficient (Wildman–Crippen LogP) is 1.51. The van der Waals surface area contributed by atoms with E-state index in [0.29, 0.717) is 6.54 Å². The molecular formula is C16H25N3O. The lowest BCUT2D eigenvalue weighted by atomic mass is 10.1. The lowest BCUT2D eigenvalue weighted by Crippen LogP contribution is -2.41. The monoisotopic (exact) mass is 275 g/mol. The summed E-state index contributed by atoms with van der Waals surface area (Å²) in [5.41, 5.74) is 2.36. The van der Waals surface area contributed by atoms with Gasteiger partial charge >= 0.3 is 0 Å². The van der Waals surface area contributed by atoms with Crippen LogP contribution in [0.3, 0.4) is 0 Å². The van der Waals surface area contributed by atoms with E-state index in [1.165, 1.54) is 5.56 Å². The van der Waals surface area contributed by atoms with Gasteiger partial charge < -0.3 is 15.1 Å². The van der Waals surface area contributed by atoms with Gasteiger partial charge in [-0.2, -0.15) is 0 Å². The fourth-order valence-corrected chi connectivity index (χ4v) is 2.75. The van der Waals surface area contributed by atoms with Gasteiger partial charge in [-0.3, -0.25) is 4.79 Å². The van der Waals surface area contributed by atoms with Crippen LogP contribution in [0.4, 0.5) is 5.69 Å². The first-order valence-corrected chi connectivity index (χ1v) is 7.35. The summed E-state index contributed by atoms with van der Waals surface area (Å²) in [7, 11) is 4.13. The molecular weight excluding hydrogens is 250 g/mol. The molecule has 0 radical (unpaired) electrons. The zero-order valence-corrected chi connectivity index (χ0v) is 12.7. The molecule has 4 nitrogen and oxygen atoms in total. The van der Waals surface area contributed by atoms with E-state index >= 15 is 0 Å². The number of fused-ring (bicyclic) bond motifs is 1. The molecule has 1 N–H and O–H groups in total. The maximum absolute atomic E-state index is 12.4. The second kappa shape index (κ2) is 6.86. The second-order valence-corrected chi connectivity index (χ2v) is 5.78. The van der Waals surface area contributed by atoms with Crippen molar-refractivity contribution in [3.63, 3.8) is 0 Å². The lowest BCUT2D eigenvalue weighted by molar-refractivity contribution is -0.118. The third kappa shape index (κ3) is 3.58. The third-order valence-corrected chi connectivity index (χ3v) is 3.71. The standard InChI is InChI=1S/C16H25N3O/c1-13-11-14-7-4-5-8-15(14)19(13)16(20)12-17-9-6-10-18(2)3/h4-5,7-8,13,17H,6,9-12H2,1-3H3/t13-/m0/s1. The number of hydrogen-bond acceptors (Lipinski definition) is 3. The average Bonchev–Trinajstić information content (AvgIpc) is 2.73. The van der Waals surface area contributed by atoms with Crippen molar-refractivity contribution in [2.45, 2.75) is 25.8 Å². The van der Waals surface area contributed by atoms with Gasteiger partial charge in [-0.1, -0.05) is 18.2 Å². The summed E-state index contributed by atoms with van der Waals surface area (Å²) in [4.78, 5) is 16.5. The second-order valence-electron chi connectivity index (χ2n) is 5.78. The number of nitrogens with zero attached hydrogens (tertiary/aromatic N) is 2. The van der Waals surface area contributed by atoms with Crippen molar-refractivity contribution in [3.8, 4) is 0 Å². The number of benzene rings is 1. The summed E-state index contributed by atoms with van der Waals surface area (Å²) in [5.74, 6) is 0.173. The highest BCUT2D eigenvalue weighted by atomic mass is 16.2. The van der Waals surface area contributed by atoms with E-state index in [4.69, 9.17) is 0 Å². The summed E-state index contributed by atoms with van der Waals surface area (Å²) in [6.45, 7) is 4.47. The van der Waals surface area contributed by atoms with Crippen LogP contribution in [0.1, 0.15) is 18.9 Å². The topological polar surface area (TPSA) is 35.6 Å². The Hall–Kier alpha value is -1.39. The Kier molecular flexibility index (Phi) is 5.15. The van der Waals surface area contributed by atoms with E-state index in [-0.39, 0.29) is 11.9 Å². The molecule has 0 saturated heterocycles. The molecule has 1 aromatic rings. The minimum Gasteiger partial charge on any atom is -0.309 e. The van der Waals surface area contributed by atoms with Crippen molar-refractivity contribution < 1.29 is 4.79 Å². The smallest absolute Gasteiger partial charge is 0.241 e. The number of carbonyl (C=O) groups is 1. The summed E-state index contributed by atoms with van der Waals surface area (Å²) < 4.78 is 0. The van der Waals surface area contributed by atoms with Gasteiger partial charge in [-0.25, -0.2) is 0 Å². The van der Waals surface area contributed by atoms with Crippen LogP contribution in [0.15, 0.2) is 24.3 Å². The first-order chi connectivity index (χ1) is 9.59. The molecule has 1 aliphatic rings. The molecule has 0 spiro atoms. The molecule has 1 amide bonds. The highest BCUT2D eigenvalue weighted by molar-refractivity contribution is 5.97. The first kappa shape index (κ1) is 15.0. The molecule has 0 fully saturated rings. The molecule has 20 heavy (non-hydrogen) atoms. The Bertz CT molecular complexity index is 459. The van der Waals surface area contributed by atoms with E-state index < -0.39 is 0 Å². The van der Waals surface area contributed by atoms with Crippen molar-refractivity contribution in [3.05, 3.63) is 29.8 Å². The molecule has 1 atom stereocenters. The van der Waals surface area contributed by atoms with E-state index in [1.807, 2.05) is 23.1 Å². The minimum atomic E-state index is 0.173. The van der Waals surface area contributed by atoms with Crippen LogP contribution in [-0.4, -0.2) is 50.6 Å². The summed E-state index contributed by atoms with van der Waals surface area (Å²) in [5, 5.41) is 3.25. The Balaban J connectivity index is 1.84. The highest BCUT2D eigenvalue weighted by Gasteiger charge is 2.29. The fourth-order valence-electron chi connectivity index (χ4n) is 2.75. The summed E-state index contributed by atoms with van der Waals surface area (Å²) >= 11 is 0. The summed E-state index contributed by atoms with van der Waals surface area (Å²) in [6.07, 6.45) is 2.02. The Morgan fingerprint density at radius 1 is 1.40 bits per heavy atom. The van der Waals surface area contributed by atoms with Crippen molar-refractivity contribution >= 4 is 11.6 Å². The van der Waals surface area contributed by atoms with Crippen LogP contribution < -0.4 is 10.2 Å². The minimum absolute atomic E-state index is 0.173. The van der Waals surface area contributed by atoms with Gasteiger partial charge in [-0.15, -0.1) is 0 Å². The van der Waals surface area contributed by atoms with Crippen LogP contribution in [0.25, 0.3) is 0 Å². The maximum atomic E-state index is 12.4. The molecule has 0 saturated carbocycles. The number of hydrogen-bond donors (Lipinski definition) is 1. The van der Waals surface area contributed by atoms with Gasteiger partial charge in [0.05, 0.1) is 6.54 Å². The quantitative estimate of drug-likeness (QED) is 0.799. The average molecular weight is 275 g/mol. The van der Waals surface area contributed by atoms with Gasteiger partial charge in [0.25, 0.3) is 0 Å². The highest BCUT2D eigenvalue weighted by Crippen LogP contribution is 2.31. The van der Waals surface area contributed by atoms with Gasteiger partial charge in [0.15, 0.2) is 0 Å². The van der Waals surface area contributed by atoms with E-state index in [0.717, 1.165) is 31.6 Å². The molecule has 0 aliphatic carbocycles. The van der Waals surface area contributed by atoms with Crippen molar-refractivity contribution in [2.24, 2.45) is 0 Å². The lowest BCUT2D eigenvalue weighted by Gasteiger charge is -2.23. The number of amides is 1. The Morgan fingerprint density at radius 2 is 2.15 bits per heavy atom. The van der Waals surface area contributed by atoms with E-state index in [9.17, 15) is 4.79 Å². The van der Waals surface area contributed by atoms with Gasteiger partial charge in [-0.05, 0) is 58.6 Å². The van der Waals surface area contributed by atoms with Gasteiger partial charge in [0.2, 0.25) is 5.91 Å². The van der Waals surface area contributed by atoms with Crippen LogP contribution in [0.2, 0.25) is 0 Å². The third-order valence-electron chi connectivity index (χ3n) is 3.71. The molecule has 0 aromatic heterocycles. The normalized spacial score (nSPS) is 17.6. The van der Waals surface area contributed by atoms with Crippen LogP contribution in [-0.2, 0) is 11.2 Å². The van der Waals surface area contributed by atoms with Crippen LogP contribution >= 0.6 is 0 Å². The largest absolute Gasteiger partial charge is 0.309 e. The molecule has 110 valence electrons. The van der Waals surface area contributed by atoms with E-state index in [1.54, 1.807) is 0 Å². The van der Waals surface area contributed by atoms with Gasteiger partial charge in [0, 0.05) is 11.7 Å². The zero-order valence-electron chi connectivity index (χ0n) is 12.7. The zero-order chi connectivity index (χ0) is 14.5. The maximum Gasteiger partial charge on any atom is 0.241 e. The van der Waals surface area contributed by atoms with Crippen molar-refractivity contribution in [2.75, 3.05) is 38.6 Å². The molecule has 1 heterocycles. The molecule has 0 unspecified atom stereocenters. The Labute approximate surface area is 121 Å². The number of rotatable bonds is 6. The summed E-state index contributed by atoms with van der Waals surface area (Å²) in [6, 6.07) is 8.47. The van der Waals surface area contributed by atoms with Crippen LogP contribution in [0.5, 0.6) is 0 Å². The van der Waals surface area contributed by atoms with E-state index in [2.05, 4.69) is 37.3 Å². The predicted molar refractivity (Wildman–Crippen MR) is 83.1 cm³/mol. The number of para-hydroxylation sites is 1.